The monoisotopic (exact) mass is 554 g/mol. The Balaban J connectivity index is 1.34. The normalized spacial score (nSPS) is 20.3. The minimum Gasteiger partial charge on any atom is -0.492 e. The number of morpholine rings is 1. The van der Waals surface area contributed by atoms with E-state index < -0.39 is 29.9 Å². The summed E-state index contributed by atoms with van der Waals surface area (Å²) in [4.78, 5) is 42.5. The second kappa shape index (κ2) is 11.5. The van der Waals surface area contributed by atoms with Crippen molar-refractivity contribution in [2.75, 3.05) is 69.5 Å². The Labute approximate surface area is 232 Å². The van der Waals surface area contributed by atoms with Gasteiger partial charge in [0, 0.05) is 25.2 Å². The number of nitrogens with one attached hydrogen (secondary N) is 2. The molecule has 2 N–H and O–H groups in total. The van der Waals surface area contributed by atoms with Gasteiger partial charge in [-0.05, 0) is 38.5 Å². The minimum absolute atomic E-state index is 0.375. The van der Waals surface area contributed by atoms with Crippen molar-refractivity contribution in [3.8, 4) is 23.0 Å². The zero-order valence-corrected chi connectivity index (χ0v) is 22.9. The molecule has 214 valence electrons. The Hall–Kier alpha value is -4.19. The summed E-state index contributed by atoms with van der Waals surface area (Å²) < 4.78 is 28.4. The first-order valence-corrected chi connectivity index (χ1v) is 13.4. The van der Waals surface area contributed by atoms with Gasteiger partial charge in [0.2, 0.25) is 5.91 Å². The molecule has 0 aliphatic carbocycles. The number of anilines is 2. The maximum atomic E-state index is 13.5. The highest BCUT2D eigenvalue weighted by Crippen LogP contribution is 2.40. The van der Waals surface area contributed by atoms with Gasteiger partial charge in [-0.3, -0.25) is 14.5 Å². The van der Waals surface area contributed by atoms with Gasteiger partial charge < -0.3 is 39.2 Å². The lowest BCUT2D eigenvalue weighted by molar-refractivity contribution is -0.133. The number of imide groups is 1. The van der Waals surface area contributed by atoms with Crippen LogP contribution in [0.4, 0.5) is 16.2 Å². The fourth-order valence-electron chi connectivity index (χ4n) is 4.97. The highest BCUT2D eigenvalue weighted by Gasteiger charge is 2.50. The summed E-state index contributed by atoms with van der Waals surface area (Å²) in [5.41, 5.74) is 0.382. The van der Waals surface area contributed by atoms with Gasteiger partial charge in [-0.15, -0.1) is 0 Å². The standard InChI is InChI=1S/C28H34N4O8/c1-4-37-22-16-20(31-8-10-36-11-9-31)23(38-5-2)15-19(22)29-25(33)17-32-26(34)28(3,30-27(32)35)18-6-7-21-24(14-18)40-13-12-39-21/h6-7,14-16H,4-5,8-13,17H2,1-3H3,(H,29,33)(H,30,35)/t28-/m1/s1. The Morgan fingerprint density at radius 1 is 0.975 bits per heavy atom. The summed E-state index contributed by atoms with van der Waals surface area (Å²) in [6.45, 7) is 9.09. The number of carbonyl (C=O) groups is 3. The molecular weight excluding hydrogens is 520 g/mol. The summed E-state index contributed by atoms with van der Waals surface area (Å²) in [6.07, 6.45) is 0. The molecule has 0 radical (unpaired) electrons. The third-order valence-electron chi connectivity index (χ3n) is 6.98. The van der Waals surface area contributed by atoms with E-state index in [1.807, 2.05) is 19.9 Å². The number of amides is 4. The highest BCUT2D eigenvalue weighted by atomic mass is 16.6. The Morgan fingerprint density at radius 3 is 2.40 bits per heavy atom. The number of ether oxygens (including phenoxy) is 5. The lowest BCUT2D eigenvalue weighted by atomic mass is 9.91. The molecule has 0 saturated carbocycles. The van der Waals surface area contributed by atoms with E-state index in [1.165, 1.54) is 0 Å². The molecule has 2 fully saturated rings. The molecule has 0 aromatic heterocycles. The number of fused-ring (bicyclic) bond motifs is 1. The molecule has 12 nitrogen and oxygen atoms in total. The fourth-order valence-corrected chi connectivity index (χ4v) is 4.97. The van der Waals surface area contributed by atoms with Crippen molar-refractivity contribution >= 4 is 29.2 Å². The van der Waals surface area contributed by atoms with Crippen molar-refractivity contribution in [1.82, 2.24) is 10.2 Å². The number of benzene rings is 2. The minimum atomic E-state index is -1.37. The van der Waals surface area contributed by atoms with Gasteiger partial charge in [-0.1, -0.05) is 6.07 Å². The van der Waals surface area contributed by atoms with Crippen molar-refractivity contribution in [2.45, 2.75) is 26.3 Å². The first-order chi connectivity index (χ1) is 19.3. The quantitative estimate of drug-likeness (QED) is 0.450. The van der Waals surface area contributed by atoms with Crippen molar-refractivity contribution in [2.24, 2.45) is 0 Å². The summed E-state index contributed by atoms with van der Waals surface area (Å²) in [7, 11) is 0. The predicted molar refractivity (Wildman–Crippen MR) is 145 cm³/mol. The second-order valence-corrected chi connectivity index (χ2v) is 9.63. The van der Waals surface area contributed by atoms with Gasteiger partial charge in [0.05, 0.1) is 37.8 Å². The van der Waals surface area contributed by atoms with E-state index in [4.69, 9.17) is 23.7 Å². The number of hydrogen-bond donors (Lipinski definition) is 2. The van der Waals surface area contributed by atoms with Crippen molar-refractivity contribution in [3.63, 3.8) is 0 Å². The molecule has 0 unspecified atom stereocenters. The molecule has 2 aromatic rings. The van der Waals surface area contributed by atoms with Gasteiger partial charge in [0.25, 0.3) is 5.91 Å². The van der Waals surface area contributed by atoms with Crippen LogP contribution >= 0.6 is 0 Å². The molecule has 5 rings (SSSR count). The van der Waals surface area contributed by atoms with Gasteiger partial charge in [-0.2, -0.15) is 0 Å². The number of hydrogen-bond acceptors (Lipinski definition) is 9. The first-order valence-electron chi connectivity index (χ1n) is 13.4. The van der Waals surface area contributed by atoms with E-state index in [2.05, 4.69) is 15.5 Å². The molecule has 2 saturated heterocycles. The number of nitrogens with zero attached hydrogens (tertiary/aromatic N) is 2. The predicted octanol–water partition coefficient (Wildman–Crippen LogP) is 2.50. The van der Waals surface area contributed by atoms with Gasteiger partial charge in [0.1, 0.15) is 36.8 Å². The molecule has 4 amide bonds. The van der Waals surface area contributed by atoms with Crippen LogP contribution in [0.2, 0.25) is 0 Å². The molecule has 3 heterocycles. The van der Waals surface area contributed by atoms with E-state index in [1.54, 1.807) is 31.2 Å². The van der Waals surface area contributed by atoms with Gasteiger partial charge in [-0.25, -0.2) is 4.79 Å². The maximum absolute atomic E-state index is 13.5. The Kier molecular flexibility index (Phi) is 7.88. The molecule has 2 aromatic carbocycles. The van der Waals surface area contributed by atoms with Crippen LogP contribution in [0.1, 0.15) is 26.3 Å². The van der Waals surface area contributed by atoms with Crippen molar-refractivity contribution in [1.29, 1.82) is 0 Å². The van der Waals surface area contributed by atoms with Crippen LogP contribution in [-0.2, 0) is 19.9 Å². The average Bonchev–Trinajstić information content (AvgIpc) is 3.18. The van der Waals surface area contributed by atoms with Crippen LogP contribution < -0.4 is 34.5 Å². The lowest BCUT2D eigenvalue weighted by Crippen LogP contribution is -2.42. The topological polar surface area (TPSA) is 128 Å². The van der Waals surface area contributed by atoms with E-state index in [0.29, 0.717) is 87.0 Å². The van der Waals surface area contributed by atoms with Gasteiger partial charge in [0.15, 0.2) is 11.5 Å². The van der Waals surface area contributed by atoms with E-state index in [9.17, 15) is 14.4 Å². The zero-order chi connectivity index (χ0) is 28.3. The third-order valence-corrected chi connectivity index (χ3v) is 6.98. The molecule has 0 spiro atoms. The smallest absolute Gasteiger partial charge is 0.325 e. The van der Waals surface area contributed by atoms with E-state index in [-0.39, 0.29) is 0 Å². The van der Waals surface area contributed by atoms with Crippen LogP contribution in [0.15, 0.2) is 30.3 Å². The lowest BCUT2D eigenvalue weighted by Gasteiger charge is -2.31. The largest absolute Gasteiger partial charge is 0.492 e. The van der Waals surface area contributed by atoms with Crippen molar-refractivity contribution < 1.29 is 38.1 Å². The summed E-state index contributed by atoms with van der Waals surface area (Å²) in [5, 5.41) is 5.53. The summed E-state index contributed by atoms with van der Waals surface area (Å²) in [6, 6.07) is 7.96. The molecule has 3 aliphatic rings. The maximum Gasteiger partial charge on any atom is 0.325 e. The Morgan fingerprint density at radius 2 is 1.68 bits per heavy atom. The number of urea groups is 1. The number of rotatable bonds is 9. The van der Waals surface area contributed by atoms with Crippen LogP contribution in [-0.4, -0.2) is 82.0 Å². The fraction of sp³-hybridized carbons (Fsp3) is 0.464. The van der Waals surface area contributed by atoms with Crippen LogP contribution in [0.25, 0.3) is 0 Å². The summed E-state index contributed by atoms with van der Waals surface area (Å²) in [5.74, 6) is 1.01. The molecule has 0 bridgehead atoms. The van der Waals surface area contributed by atoms with Crippen LogP contribution in [0.3, 0.4) is 0 Å². The van der Waals surface area contributed by atoms with E-state index in [0.717, 1.165) is 10.6 Å². The molecule has 3 aliphatic heterocycles. The Bertz CT molecular complexity index is 1300. The number of carbonyl (C=O) groups excluding carboxylic acids is 3. The van der Waals surface area contributed by atoms with E-state index >= 15 is 0 Å². The highest BCUT2D eigenvalue weighted by molar-refractivity contribution is 6.10. The zero-order valence-electron chi connectivity index (χ0n) is 22.9. The average molecular weight is 555 g/mol. The van der Waals surface area contributed by atoms with Crippen LogP contribution in [0, 0.1) is 0 Å². The van der Waals surface area contributed by atoms with Crippen molar-refractivity contribution in [3.05, 3.63) is 35.9 Å². The second-order valence-electron chi connectivity index (χ2n) is 9.63. The molecule has 12 heteroatoms. The molecule has 1 atom stereocenters. The van der Waals surface area contributed by atoms with Crippen LogP contribution in [0.5, 0.6) is 23.0 Å². The SMILES string of the molecule is CCOc1cc(N2CCOCC2)c(OCC)cc1NC(=O)CN1C(=O)N[C@](C)(c2ccc3c(c2)OCCO3)C1=O. The third kappa shape index (κ3) is 5.31. The summed E-state index contributed by atoms with van der Waals surface area (Å²) >= 11 is 0. The molecule has 40 heavy (non-hydrogen) atoms. The first kappa shape index (κ1) is 27.4. The molecular formula is C28H34N4O8. The van der Waals surface area contributed by atoms with Gasteiger partial charge >= 0.3 is 6.03 Å².